The van der Waals surface area contributed by atoms with Crippen LogP contribution in [0.25, 0.3) is 11.0 Å². The van der Waals surface area contributed by atoms with Crippen molar-refractivity contribution < 1.29 is 5.11 Å². The summed E-state index contributed by atoms with van der Waals surface area (Å²) in [5, 5.41) is 10.8. The molecule has 4 rings (SSSR count). The van der Waals surface area contributed by atoms with E-state index in [-0.39, 0.29) is 6.10 Å². The Morgan fingerprint density at radius 1 is 1.09 bits per heavy atom. The molecule has 2 aliphatic heterocycles. The number of hydrogen-bond donors (Lipinski definition) is 2. The molecule has 2 aliphatic rings. The molecule has 0 aromatic carbocycles. The summed E-state index contributed by atoms with van der Waals surface area (Å²) in [6, 6.07) is 2.13. The van der Waals surface area contributed by atoms with Crippen LogP contribution >= 0.6 is 0 Å². The van der Waals surface area contributed by atoms with Crippen LogP contribution in [0.1, 0.15) is 31.4 Å². The highest BCUT2D eigenvalue weighted by molar-refractivity contribution is 5.89. The number of aliphatic hydroxyl groups is 1. The van der Waals surface area contributed by atoms with Crippen LogP contribution in [-0.4, -0.2) is 52.3 Å². The van der Waals surface area contributed by atoms with Crippen LogP contribution in [0.15, 0.2) is 6.07 Å². The molecular formula is C16H23N5O. The van der Waals surface area contributed by atoms with Crippen LogP contribution in [0.2, 0.25) is 0 Å². The quantitative estimate of drug-likeness (QED) is 0.885. The van der Waals surface area contributed by atoms with Gasteiger partial charge in [0.2, 0.25) is 5.95 Å². The summed E-state index contributed by atoms with van der Waals surface area (Å²) in [6.07, 6.45) is 3.90. The standard InChI is InChI=1S/C16H23N5O/c1-11-10-13-14(17-11)18-16(21-6-2-3-7-21)19-15(13)20-8-4-12(22)5-9-20/h10,12,22H,2-9H2,1H3,(H,17,18,19). The van der Waals surface area contributed by atoms with E-state index in [1.807, 2.05) is 0 Å². The molecule has 118 valence electrons. The van der Waals surface area contributed by atoms with E-state index in [0.29, 0.717) is 0 Å². The Morgan fingerprint density at radius 2 is 1.82 bits per heavy atom. The van der Waals surface area contributed by atoms with Crippen molar-refractivity contribution >= 4 is 22.8 Å². The number of H-pyrrole nitrogens is 1. The first-order valence-electron chi connectivity index (χ1n) is 8.26. The lowest BCUT2D eigenvalue weighted by molar-refractivity contribution is 0.145. The van der Waals surface area contributed by atoms with E-state index in [0.717, 1.165) is 67.5 Å². The summed E-state index contributed by atoms with van der Waals surface area (Å²) in [7, 11) is 0. The Morgan fingerprint density at radius 3 is 2.55 bits per heavy atom. The third-order valence-corrected chi connectivity index (χ3v) is 4.74. The monoisotopic (exact) mass is 301 g/mol. The Hall–Kier alpha value is -1.82. The van der Waals surface area contributed by atoms with Crippen molar-refractivity contribution in [2.45, 2.75) is 38.7 Å². The Labute approximate surface area is 130 Å². The normalized spacial score (nSPS) is 20.3. The van der Waals surface area contributed by atoms with Gasteiger partial charge in [-0.2, -0.15) is 9.97 Å². The van der Waals surface area contributed by atoms with Crippen molar-refractivity contribution in [3.05, 3.63) is 11.8 Å². The predicted molar refractivity (Wildman–Crippen MR) is 87.5 cm³/mol. The molecule has 2 N–H and O–H groups in total. The molecular weight excluding hydrogens is 278 g/mol. The lowest BCUT2D eigenvalue weighted by atomic mass is 10.1. The van der Waals surface area contributed by atoms with Crippen LogP contribution in [-0.2, 0) is 0 Å². The average molecular weight is 301 g/mol. The molecule has 2 fully saturated rings. The second-order valence-electron chi connectivity index (χ2n) is 6.47. The van der Waals surface area contributed by atoms with E-state index < -0.39 is 0 Å². The molecule has 2 aromatic heterocycles. The van der Waals surface area contributed by atoms with E-state index in [2.05, 4.69) is 27.8 Å². The number of aliphatic hydroxyl groups excluding tert-OH is 1. The van der Waals surface area contributed by atoms with Crippen LogP contribution < -0.4 is 9.80 Å². The summed E-state index contributed by atoms with van der Waals surface area (Å²) in [4.78, 5) is 17.5. The first kappa shape index (κ1) is 13.8. The SMILES string of the molecule is Cc1cc2c(N3CCC(O)CC3)nc(N3CCCC3)nc2[nH]1. The van der Waals surface area contributed by atoms with Gasteiger partial charge in [0.05, 0.1) is 11.5 Å². The van der Waals surface area contributed by atoms with Crippen LogP contribution in [0.5, 0.6) is 0 Å². The maximum atomic E-state index is 9.74. The van der Waals surface area contributed by atoms with Gasteiger partial charge in [0.15, 0.2) is 0 Å². The molecule has 6 nitrogen and oxygen atoms in total. The minimum Gasteiger partial charge on any atom is -0.393 e. The molecule has 0 spiro atoms. The molecule has 0 bridgehead atoms. The minimum atomic E-state index is -0.167. The Kier molecular flexibility index (Phi) is 3.41. The van der Waals surface area contributed by atoms with Gasteiger partial charge in [-0.1, -0.05) is 0 Å². The van der Waals surface area contributed by atoms with E-state index in [9.17, 15) is 5.11 Å². The fourth-order valence-electron chi connectivity index (χ4n) is 3.49. The molecule has 2 aromatic rings. The smallest absolute Gasteiger partial charge is 0.229 e. The van der Waals surface area contributed by atoms with E-state index in [1.165, 1.54) is 12.8 Å². The highest BCUT2D eigenvalue weighted by Gasteiger charge is 2.24. The largest absolute Gasteiger partial charge is 0.393 e. The fourth-order valence-corrected chi connectivity index (χ4v) is 3.49. The highest BCUT2D eigenvalue weighted by Crippen LogP contribution is 2.30. The van der Waals surface area contributed by atoms with Gasteiger partial charge in [0.1, 0.15) is 11.5 Å². The number of aromatic nitrogens is 3. The molecule has 4 heterocycles. The maximum Gasteiger partial charge on any atom is 0.229 e. The van der Waals surface area contributed by atoms with Gasteiger partial charge in [-0.25, -0.2) is 0 Å². The molecule has 2 saturated heterocycles. The van der Waals surface area contributed by atoms with Crippen molar-refractivity contribution in [1.82, 2.24) is 15.0 Å². The first-order chi connectivity index (χ1) is 10.7. The number of rotatable bonds is 2. The van der Waals surface area contributed by atoms with Gasteiger partial charge in [-0.3, -0.25) is 0 Å². The summed E-state index contributed by atoms with van der Waals surface area (Å²) in [6.45, 7) is 5.86. The molecule has 6 heteroatoms. The molecule has 0 saturated carbocycles. The second-order valence-corrected chi connectivity index (χ2v) is 6.47. The van der Waals surface area contributed by atoms with Crippen molar-refractivity contribution in [2.24, 2.45) is 0 Å². The molecule has 0 aliphatic carbocycles. The highest BCUT2D eigenvalue weighted by atomic mass is 16.3. The zero-order valence-corrected chi connectivity index (χ0v) is 13.0. The van der Waals surface area contributed by atoms with Crippen LogP contribution in [0, 0.1) is 6.92 Å². The van der Waals surface area contributed by atoms with E-state index in [4.69, 9.17) is 9.97 Å². The zero-order valence-electron chi connectivity index (χ0n) is 13.0. The molecule has 0 atom stereocenters. The maximum absolute atomic E-state index is 9.74. The Balaban J connectivity index is 1.76. The number of anilines is 2. The molecule has 22 heavy (non-hydrogen) atoms. The van der Waals surface area contributed by atoms with Crippen molar-refractivity contribution in [3.63, 3.8) is 0 Å². The van der Waals surface area contributed by atoms with Crippen molar-refractivity contribution in [2.75, 3.05) is 36.0 Å². The van der Waals surface area contributed by atoms with Crippen molar-refractivity contribution in [3.8, 4) is 0 Å². The van der Waals surface area contributed by atoms with Gasteiger partial charge in [-0.05, 0) is 38.7 Å². The third-order valence-electron chi connectivity index (χ3n) is 4.74. The number of nitrogens with zero attached hydrogens (tertiary/aromatic N) is 4. The lowest BCUT2D eigenvalue weighted by Crippen LogP contribution is -2.36. The second kappa shape index (κ2) is 5.43. The third kappa shape index (κ3) is 2.41. The fraction of sp³-hybridized carbons (Fsp3) is 0.625. The van der Waals surface area contributed by atoms with Gasteiger partial charge in [0, 0.05) is 31.9 Å². The number of hydrogen-bond acceptors (Lipinski definition) is 5. The number of piperidine rings is 1. The van der Waals surface area contributed by atoms with E-state index >= 15 is 0 Å². The Bertz CT molecular complexity index is 668. The van der Waals surface area contributed by atoms with Gasteiger partial charge >= 0.3 is 0 Å². The summed E-state index contributed by atoms with van der Waals surface area (Å²) < 4.78 is 0. The summed E-state index contributed by atoms with van der Waals surface area (Å²) >= 11 is 0. The number of aryl methyl sites for hydroxylation is 1. The van der Waals surface area contributed by atoms with Gasteiger partial charge in [-0.15, -0.1) is 0 Å². The molecule has 0 amide bonds. The topological polar surface area (TPSA) is 68.3 Å². The van der Waals surface area contributed by atoms with Gasteiger partial charge in [0.25, 0.3) is 0 Å². The molecule has 0 unspecified atom stereocenters. The average Bonchev–Trinajstić information content (AvgIpc) is 3.15. The predicted octanol–water partition coefficient (Wildman–Crippen LogP) is 1.83. The first-order valence-corrected chi connectivity index (χ1v) is 8.26. The number of aromatic amines is 1. The zero-order chi connectivity index (χ0) is 15.1. The summed E-state index contributed by atoms with van der Waals surface area (Å²) in [5.74, 6) is 1.86. The number of fused-ring (bicyclic) bond motifs is 1. The summed E-state index contributed by atoms with van der Waals surface area (Å²) in [5.41, 5.74) is 2.04. The van der Waals surface area contributed by atoms with Crippen LogP contribution in [0.3, 0.4) is 0 Å². The molecule has 0 radical (unpaired) electrons. The van der Waals surface area contributed by atoms with Gasteiger partial charge < -0.3 is 19.9 Å². The van der Waals surface area contributed by atoms with E-state index in [1.54, 1.807) is 0 Å². The minimum absolute atomic E-state index is 0.167. The number of nitrogens with one attached hydrogen (secondary N) is 1. The van der Waals surface area contributed by atoms with Crippen LogP contribution in [0.4, 0.5) is 11.8 Å². The lowest BCUT2D eigenvalue weighted by Gasteiger charge is -2.31. The van der Waals surface area contributed by atoms with Crippen molar-refractivity contribution in [1.29, 1.82) is 0 Å².